The number of hydrogen-bond acceptors (Lipinski definition) is 6. The van der Waals surface area contributed by atoms with Gasteiger partial charge in [-0.3, -0.25) is 0 Å². The van der Waals surface area contributed by atoms with E-state index in [4.69, 9.17) is 15.2 Å². The van der Waals surface area contributed by atoms with Gasteiger partial charge in [-0.1, -0.05) is 0 Å². The monoisotopic (exact) mass is 267 g/mol. The molecule has 0 radical (unpaired) electrons. The molecule has 0 fully saturated rings. The first-order valence-corrected chi connectivity index (χ1v) is 6.29. The third-order valence-electron chi connectivity index (χ3n) is 2.64. The molecule has 6 nitrogen and oxygen atoms in total. The molecule has 0 amide bonds. The Kier molecular flexibility index (Phi) is 4.83. The normalized spacial score (nSPS) is 11.4. The van der Waals surface area contributed by atoms with Crippen molar-refractivity contribution >= 4 is 11.8 Å². The summed E-state index contributed by atoms with van der Waals surface area (Å²) in [6.07, 6.45) is 0. The molecule has 0 unspecified atom stereocenters. The summed E-state index contributed by atoms with van der Waals surface area (Å²) in [6, 6.07) is 0. The van der Waals surface area contributed by atoms with Crippen LogP contribution in [0.5, 0.6) is 0 Å². The van der Waals surface area contributed by atoms with Gasteiger partial charge in [-0.15, -0.1) is 0 Å². The van der Waals surface area contributed by atoms with Crippen molar-refractivity contribution in [3.63, 3.8) is 0 Å². The largest absolute Gasteiger partial charge is 0.462 e. The zero-order valence-corrected chi connectivity index (χ0v) is 12.1. The van der Waals surface area contributed by atoms with E-state index in [1.165, 1.54) is 0 Å². The SMILES string of the molecule is CCOC(=O)c1c(C)nc(C(C)(C)OCC)nc1N. The van der Waals surface area contributed by atoms with Gasteiger partial charge in [-0.25, -0.2) is 14.8 Å². The Balaban J connectivity index is 3.20. The summed E-state index contributed by atoms with van der Waals surface area (Å²) in [6.45, 7) is 9.86. The minimum Gasteiger partial charge on any atom is -0.462 e. The van der Waals surface area contributed by atoms with Crippen LogP contribution in [0.4, 0.5) is 5.82 Å². The number of esters is 1. The predicted molar refractivity (Wildman–Crippen MR) is 71.8 cm³/mol. The lowest BCUT2D eigenvalue weighted by Crippen LogP contribution is -2.27. The number of nitrogens with zero attached hydrogens (tertiary/aromatic N) is 2. The number of hydrogen-bond donors (Lipinski definition) is 1. The van der Waals surface area contributed by atoms with Crippen LogP contribution in [0, 0.1) is 6.92 Å². The summed E-state index contributed by atoms with van der Waals surface area (Å²) < 4.78 is 10.5. The molecule has 1 aromatic heterocycles. The van der Waals surface area contributed by atoms with Gasteiger partial charge in [0.15, 0.2) is 5.82 Å². The smallest absolute Gasteiger partial charge is 0.343 e. The van der Waals surface area contributed by atoms with Gasteiger partial charge in [0, 0.05) is 6.61 Å². The van der Waals surface area contributed by atoms with Crippen molar-refractivity contribution < 1.29 is 14.3 Å². The zero-order chi connectivity index (χ0) is 14.6. The van der Waals surface area contributed by atoms with Gasteiger partial charge in [0.05, 0.1) is 12.3 Å². The van der Waals surface area contributed by atoms with E-state index in [0.717, 1.165) is 0 Å². The van der Waals surface area contributed by atoms with Gasteiger partial charge in [0.25, 0.3) is 0 Å². The number of aromatic nitrogens is 2. The first-order valence-electron chi connectivity index (χ1n) is 6.29. The maximum atomic E-state index is 11.8. The quantitative estimate of drug-likeness (QED) is 0.819. The lowest BCUT2D eigenvalue weighted by atomic mass is 10.1. The number of carbonyl (C=O) groups is 1. The fraction of sp³-hybridized carbons (Fsp3) is 0.615. The van der Waals surface area contributed by atoms with Crippen molar-refractivity contribution in [1.82, 2.24) is 9.97 Å². The topological polar surface area (TPSA) is 87.3 Å². The number of rotatable bonds is 5. The molecule has 19 heavy (non-hydrogen) atoms. The molecule has 0 atom stereocenters. The Morgan fingerprint density at radius 1 is 1.26 bits per heavy atom. The van der Waals surface area contributed by atoms with Crippen molar-refractivity contribution in [2.75, 3.05) is 18.9 Å². The molecule has 106 valence electrons. The first-order chi connectivity index (χ1) is 8.83. The standard InChI is InChI=1S/C13H21N3O3/c1-6-18-11(17)9-8(3)15-12(16-10(9)14)13(4,5)19-7-2/h6-7H2,1-5H3,(H2,14,15,16). The molecule has 1 rings (SSSR count). The summed E-state index contributed by atoms with van der Waals surface area (Å²) in [7, 11) is 0. The number of nitrogens with two attached hydrogens (primary N) is 1. The van der Waals surface area contributed by atoms with E-state index < -0.39 is 11.6 Å². The molecule has 0 saturated carbocycles. The van der Waals surface area contributed by atoms with Crippen LogP contribution < -0.4 is 5.73 Å². The van der Waals surface area contributed by atoms with E-state index in [-0.39, 0.29) is 18.0 Å². The summed E-state index contributed by atoms with van der Waals surface area (Å²) in [5, 5.41) is 0. The highest BCUT2D eigenvalue weighted by Crippen LogP contribution is 2.24. The molecule has 0 aromatic carbocycles. The molecular formula is C13H21N3O3. The summed E-state index contributed by atoms with van der Waals surface area (Å²) in [4.78, 5) is 20.2. The Morgan fingerprint density at radius 2 is 1.89 bits per heavy atom. The Morgan fingerprint density at radius 3 is 2.37 bits per heavy atom. The van der Waals surface area contributed by atoms with Gasteiger partial charge < -0.3 is 15.2 Å². The molecule has 1 aromatic rings. The van der Waals surface area contributed by atoms with E-state index in [9.17, 15) is 4.79 Å². The minimum atomic E-state index is -0.652. The summed E-state index contributed by atoms with van der Waals surface area (Å²) >= 11 is 0. The van der Waals surface area contributed by atoms with Gasteiger partial charge in [0.2, 0.25) is 0 Å². The summed E-state index contributed by atoms with van der Waals surface area (Å²) in [5.74, 6) is 0.0735. The van der Waals surface area contributed by atoms with Crippen LogP contribution >= 0.6 is 0 Å². The van der Waals surface area contributed by atoms with Crippen LogP contribution in [-0.2, 0) is 15.1 Å². The maximum Gasteiger partial charge on any atom is 0.343 e. The zero-order valence-electron chi connectivity index (χ0n) is 12.1. The molecule has 1 heterocycles. The van der Waals surface area contributed by atoms with Crippen molar-refractivity contribution in [3.8, 4) is 0 Å². The second kappa shape index (κ2) is 5.97. The van der Waals surface area contributed by atoms with E-state index in [0.29, 0.717) is 18.1 Å². The average Bonchev–Trinajstić information content (AvgIpc) is 2.28. The lowest BCUT2D eigenvalue weighted by Gasteiger charge is -2.24. The highest BCUT2D eigenvalue weighted by Gasteiger charge is 2.27. The van der Waals surface area contributed by atoms with Crippen LogP contribution in [-0.4, -0.2) is 29.2 Å². The Labute approximate surface area is 113 Å². The lowest BCUT2D eigenvalue weighted by molar-refractivity contribution is -0.0209. The molecule has 0 aliphatic carbocycles. The number of anilines is 1. The third kappa shape index (κ3) is 3.41. The molecule has 0 spiro atoms. The van der Waals surface area contributed by atoms with Gasteiger partial charge >= 0.3 is 5.97 Å². The van der Waals surface area contributed by atoms with E-state index in [1.807, 2.05) is 20.8 Å². The van der Waals surface area contributed by atoms with E-state index in [2.05, 4.69) is 9.97 Å². The number of nitrogen functional groups attached to an aromatic ring is 1. The Hall–Kier alpha value is -1.69. The minimum absolute atomic E-state index is 0.119. The molecule has 0 aliphatic heterocycles. The fourth-order valence-electron chi connectivity index (χ4n) is 1.75. The predicted octanol–water partition coefficient (Wildman–Crippen LogP) is 1.82. The van der Waals surface area contributed by atoms with E-state index in [1.54, 1.807) is 13.8 Å². The van der Waals surface area contributed by atoms with Crippen molar-refractivity contribution in [3.05, 3.63) is 17.1 Å². The average molecular weight is 267 g/mol. The van der Waals surface area contributed by atoms with Crippen molar-refractivity contribution in [2.24, 2.45) is 0 Å². The van der Waals surface area contributed by atoms with Gasteiger partial charge in [-0.05, 0) is 34.6 Å². The molecule has 0 aliphatic rings. The summed E-state index contributed by atoms with van der Waals surface area (Å²) in [5.41, 5.74) is 5.90. The number of carbonyl (C=O) groups excluding carboxylic acids is 1. The second-order valence-corrected chi connectivity index (χ2v) is 4.56. The third-order valence-corrected chi connectivity index (χ3v) is 2.64. The van der Waals surface area contributed by atoms with Gasteiger partial charge in [0.1, 0.15) is 17.0 Å². The molecule has 2 N–H and O–H groups in total. The van der Waals surface area contributed by atoms with Crippen LogP contribution in [0.15, 0.2) is 0 Å². The highest BCUT2D eigenvalue weighted by molar-refractivity contribution is 5.95. The molecular weight excluding hydrogens is 246 g/mol. The number of ether oxygens (including phenoxy) is 2. The Bertz CT molecular complexity index is 449. The maximum absolute atomic E-state index is 11.8. The molecule has 0 saturated heterocycles. The van der Waals surface area contributed by atoms with Crippen LogP contribution in [0.2, 0.25) is 0 Å². The molecule has 6 heteroatoms. The first kappa shape index (κ1) is 15.4. The number of aryl methyl sites for hydroxylation is 1. The van der Waals surface area contributed by atoms with Gasteiger partial charge in [-0.2, -0.15) is 0 Å². The van der Waals surface area contributed by atoms with Crippen LogP contribution in [0.25, 0.3) is 0 Å². The van der Waals surface area contributed by atoms with E-state index >= 15 is 0 Å². The molecule has 0 bridgehead atoms. The fourth-order valence-corrected chi connectivity index (χ4v) is 1.75. The van der Waals surface area contributed by atoms with Crippen LogP contribution in [0.1, 0.15) is 49.6 Å². The van der Waals surface area contributed by atoms with Crippen LogP contribution in [0.3, 0.4) is 0 Å². The van der Waals surface area contributed by atoms with Crippen molar-refractivity contribution in [1.29, 1.82) is 0 Å². The highest BCUT2D eigenvalue weighted by atomic mass is 16.5. The second-order valence-electron chi connectivity index (χ2n) is 4.56. The van der Waals surface area contributed by atoms with Crippen molar-refractivity contribution in [2.45, 2.75) is 40.2 Å².